The van der Waals surface area contributed by atoms with Crippen molar-refractivity contribution in [2.24, 2.45) is 0 Å². The molecule has 1 unspecified atom stereocenters. The fraction of sp³-hybridized carbons (Fsp3) is 0.200. The van der Waals surface area contributed by atoms with Gasteiger partial charge in [0.05, 0.1) is 0 Å². The minimum absolute atomic E-state index is 0.112. The quantitative estimate of drug-likeness (QED) is 0.681. The van der Waals surface area contributed by atoms with Crippen molar-refractivity contribution in [2.45, 2.75) is 12.5 Å². The van der Waals surface area contributed by atoms with Gasteiger partial charge < -0.3 is 5.32 Å². The zero-order valence-electron chi connectivity index (χ0n) is 10.8. The van der Waals surface area contributed by atoms with Gasteiger partial charge in [-0.2, -0.15) is 0 Å². The number of halogens is 4. The molecule has 20 heavy (non-hydrogen) atoms. The minimum Gasteiger partial charge on any atom is -0.313 e. The van der Waals surface area contributed by atoms with Crippen molar-refractivity contribution in [2.75, 3.05) is 7.05 Å². The van der Waals surface area contributed by atoms with E-state index >= 15 is 0 Å². The first-order valence-corrected chi connectivity index (χ1v) is 7.99. The molecule has 0 saturated heterocycles. The van der Waals surface area contributed by atoms with Gasteiger partial charge in [0.2, 0.25) is 0 Å². The summed E-state index contributed by atoms with van der Waals surface area (Å²) in [4.78, 5) is 0. The summed E-state index contributed by atoms with van der Waals surface area (Å²) >= 11 is 21.8. The highest BCUT2D eigenvalue weighted by Gasteiger charge is 2.14. The molecule has 0 radical (unpaired) electrons. The predicted molar refractivity (Wildman–Crippen MR) is 91.1 cm³/mol. The molecule has 0 aliphatic rings. The second kappa shape index (κ2) is 7.15. The molecule has 2 rings (SSSR count). The summed E-state index contributed by atoms with van der Waals surface area (Å²) in [6, 6.07) is 11.5. The van der Waals surface area contributed by atoms with Crippen molar-refractivity contribution in [3.05, 3.63) is 67.1 Å². The second-order valence-corrected chi connectivity index (χ2v) is 6.68. The van der Waals surface area contributed by atoms with Crippen LogP contribution in [0.2, 0.25) is 15.1 Å². The maximum atomic E-state index is 6.23. The van der Waals surface area contributed by atoms with Crippen LogP contribution in [0.15, 0.2) is 40.9 Å². The van der Waals surface area contributed by atoms with E-state index < -0.39 is 0 Å². The Bertz CT molecular complexity index is 596. The van der Waals surface area contributed by atoms with Crippen LogP contribution in [0.1, 0.15) is 17.2 Å². The lowest BCUT2D eigenvalue weighted by molar-refractivity contribution is 0.592. The van der Waals surface area contributed by atoms with Gasteiger partial charge in [-0.25, -0.2) is 0 Å². The molecular formula is C15H13BrCl3N. The fourth-order valence-corrected chi connectivity index (χ4v) is 3.36. The third-order valence-corrected chi connectivity index (χ3v) is 4.35. The SMILES string of the molecule is CNC(Cc1cc(Cl)ccc1Cl)c1cc(Cl)cc(Br)c1. The van der Waals surface area contributed by atoms with E-state index in [4.69, 9.17) is 34.8 Å². The Balaban J connectivity index is 2.30. The summed E-state index contributed by atoms with van der Waals surface area (Å²) in [7, 11) is 1.91. The number of rotatable bonds is 4. The van der Waals surface area contributed by atoms with Crippen molar-refractivity contribution in [3.63, 3.8) is 0 Å². The molecule has 0 aliphatic carbocycles. The van der Waals surface area contributed by atoms with E-state index in [1.165, 1.54) is 0 Å². The van der Waals surface area contributed by atoms with Crippen LogP contribution in [-0.2, 0) is 6.42 Å². The Morgan fingerprint density at radius 1 is 1.05 bits per heavy atom. The van der Waals surface area contributed by atoms with Gasteiger partial charge in [0.1, 0.15) is 0 Å². The average molecular weight is 394 g/mol. The Hall–Kier alpha value is -0.250. The molecule has 0 heterocycles. The van der Waals surface area contributed by atoms with Crippen LogP contribution >= 0.6 is 50.7 Å². The zero-order valence-corrected chi connectivity index (χ0v) is 14.6. The lowest BCUT2D eigenvalue weighted by Crippen LogP contribution is -2.19. The third kappa shape index (κ3) is 4.12. The maximum absolute atomic E-state index is 6.23. The molecule has 2 aromatic carbocycles. The molecule has 1 nitrogen and oxygen atoms in total. The summed E-state index contributed by atoms with van der Waals surface area (Å²) in [5.41, 5.74) is 2.11. The molecule has 1 N–H and O–H groups in total. The summed E-state index contributed by atoms with van der Waals surface area (Å²) in [5, 5.41) is 5.39. The Labute approximate surface area is 142 Å². The molecule has 106 valence electrons. The number of likely N-dealkylation sites (N-methyl/N-ethyl adjacent to an activating group) is 1. The molecular weight excluding hydrogens is 380 g/mol. The van der Waals surface area contributed by atoms with E-state index in [-0.39, 0.29) is 6.04 Å². The van der Waals surface area contributed by atoms with Crippen LogP contribution in [0.25, 0.3) is 0 Å². The van der Waals surface area contributed by atoms with E-state index in [0.717, 1.165) is 27.0 Å². The van der Waals surface area contributed by atoms with E-state index in [0.29, 0.717) is 10.0 Å². The first-order valence-electron chi connectivity index (χ1n) is 6.07. The van der Waals surface area contributed by atoms with Crippen molar-refractivity contribution in [1.29, 1.82) is 0 Å². The highest BCUT2D eigenvalue weighted by atomic mass is 79.9. The molecule has 5 heteroatoms. The van der Waals surface area contributed by atoms with Crippen molar-refractivity contribution >= 4 is 50.7 Å². The summed E-state index contributed by atoms with van der Waals surface area (Å²) < 4.78 is 0.956. The first-order chi connectivity index (χ1) is 9.49. The molecule has 0 fully saturated rings. The van der Waals surface area contributed by atoms with Gasteiger partial charge >= 0.3 is 0 Å². The summed E-state index contributed by atoms with van der Waals surface area (Å²) in [5.74, 6) is 0. The molecule has 0 saturated carbocycles. The third-order valence-electron chi connectivity index (χ3n) is 3.07. The van der Waals surface area contributed by atoms with Gasteiger partial charge in [-0.15, -0.1) is 0 Å². The maximum Gasteiger partial charge on any atom is 0.0439 e. The Morgan fingerprint density at radius 3 is 2.45 bits per heavy atom. The molecule has 1 atom stereocenters. The van der Waals surface area contributed by atoms with Crippen LogP contribution < -0.4 is 5.32 Å². The van der Waals surface area contributed by atoms with Crippen LogP contribution in [0.3, 0.4) is 0 Å². The van der Waals surface area contributed by atoms with Gasteiger partial charge in [-0.3, -0.25) is 0 Å². The topological polar surface area (TPSA) is 12.0 Å². The lowest BCUT2D eigenvalue weighted by atomic mass is 9.99. The fourth-order valence-electron chi connectivity index (χ4n) is 2.08. The van der Waals surface area contributed by atoms with Crippen LogP contribution in [-0.4, -0.2) is 7.05 Å². The standard InChI is InChI=1S/C15H13BrCl3N/c1-20-15(10-4-11(16)8-13(18)6-10)7-9-5-12(17)2-3-14(9)19/h2-6,8,15,20H,7H2,1H3. The van der Waals surface area contributed by atoms with Crippen molar-refractivity contribution in [1.82, 2.24) is 5.32 Å². The van der Waals surface area contributed by atoms with E-state index in [2.05, 4.69) is 21.2 Å². The number of hydrogen-bond acceptors (Lipinski definition) is 1. The molecule has 0 aromatic heterocycles. The smallest absolute Gasteiger partial charge is 0.0439 e. The first kappa shape index (κ1) is 16.1. The Kier molecular flexibility index (Phi) is 5.76. The van der Waals surface area contributed by atoms with Crippen molar-refractivity contribution < 1.29 is 0 Å². The van der Waals surface area contributed by atoms with Crippen LogP contribution in [0.5, 0.6) is 0 Å². The van der Waals surface area contributed by atoms with Gasteiger partial charge in [0, 0.05) is 25.6 Å². The molecule has 2 aromatic rings. The minimum atomic E-state index is 0.112. The second-order valence-electron chi connectivity index (χ2n) is 4.48. The van der Waals surface area contributed by atoms with E-state index in [1.54, 1.807) is 6.07 Å². The lowest BCUT2D eigenvalue weighted by Gasteiger charge is -2.18. The highest BCUT2D eigenvalue weighted by Crippen LogP contribution is 2.29. The highest BCUT2D eigenvalue weighted by molar-refractivity contribution is 9.10. The van der Waals surface area contributed by atoms with Gasteiger partial charge in [-0.05, 0) is 61.0 Å². The van der Waals surface area contributed by atoms with Crippen LogP contribution in [0, 0.1) is 0 Å². The number of hydrogen-bond donors (Lipinski definition) is 1. The van der Waals surface area contributed by atoms with Gasteiger partial charge in [0.15, 0.2) is 0 Å². The Morgan fingerprint density at radius 2 is 1.80 bits per heavy atom. The largest absolute Gasteiger partial charge is 0.313 e. The number of benzene rings is 2. The van der Waals surface area contributed by atoms with Gasteiger partial charge in [0.25, 0.3) is 0 Å². The normalized spacial score (nSPS) is 12.4. The number of nitrogens with one attached hydrogen (secondary N) is 1. The van der Waals surface area contributed by atoms with E-state index in [1.807, 2.05) is 37.4 Å². The molecule has 0 spiro atoms. The molecule has 0 bridgehead atoms. The van der Waals surface area contributed by atoms with E-state index in [9.17, 15) is 0 Å². The van der Waals surface area contributed by atoms with Crippen LogP contribution in [0.4, 0.5) is 0 Å². The average Bonchev–Trinajstić information content (AvgIpc) is 2.38. The zero-order chi connectivity index (χ0) is 14.7. The summed E-state index contributed by atoms with van der Waals surface area (Å²) in [6.07, 6.45) is 0.739. The predicted octanol–water partition coefficient (Wildman–Crippen LogP) is 5.91. The van der Waals surface area contributed by atoms with Crippen molar-refractivity contribution in [3.8, 4) is 0 Å². The molecule has 0 aliphatic heterocycles. The monoisotopic (exact) mass is 391 g/mol. The summed E-state index contributed by atoms with van der Waals surface area (Å²) in [6.45, 7) is 0. The van der Waals surface area contributed by atoms with Gasteiger partial charge in [-0.1, -0.05) is 50.7 Å². The molecule has 0 amide bonds.